The van der Waals surface area contributed by atoms with Crippen molar-refractivity contribution in [2.24, 2.45) is 0 Å². The number of carboxylic acids is 1. The summed E-state index contributed by atoms with van der Waals surface area (Å²) in [4.78, 5) is 24.9. The van der Waals surface area contributed by atoms with Crippen LogP contribution in [0.5, 0.6) is 0 Å². The summed E-state index contributed by atoms with van der Waals surface area (Å²) in [5, 5.41) is 9.04. The van der Waals surface area contributed by atoms with Gasteiger partial charge in [-0.3, -0.25) is 4.79 Å². The van der Waals surface area contributed by atoms with Crippen molar-refractivity contribution in [3.05, 3.63) is 53.0 Å². The molecule has 8 nitrogen and oxygen atoms in total. The van der Waals surface area contributed by atoms with Crippen LogP contribution in [0.2, 0.25) is 0 Å². The lowest BCUT2D eigenvalue weighted by molar-refractivity contribution is 0.0694. The summed E-state index contributed by atoms with van der Waals surface area (Å²) in [6.45, 7) is 3.58. The molecular formula is C17H20N2O6S. The summed E-state index contributed by atoms with van der Waals surface area (Å²) in [6.07, 6.45) is 0. The minimum absolute atomic E-state index is 0.0545. The van der Waals surface area contributed by atoms with Crippen molar-refractivity contribution in [2.75, 3.05) is 13.6 Å². The van der Waals surface area contributed by atoms with Gasteiger partial charge in [-0.15, -0.1) is 0 Å². The maximum Gasteiger partial charge on any atom is 0.339 e. The van der Waals surface area contributed by atoms with Gasteiger partial charge in [0.05, 0.1) is 11.4 Å². The molecule has 9 heteroatoms. The lowest BCUT2D eigenvalue weighted by atomic mass is 10.2. The smallest absolute Gasteiger partial charge is 0.339 e. The quantitative estimate of drug-likeness (QED) is 0.757. The monoisotopic (exact) mass is 380 g/mol. The standard InChI is InChI=1S/C17H20N2O6S/c1-4-18-26(23,24)14-7-5-12(6-8-14)16(20)19(3)10-13-9-15(17(21)22)11(2)25-13/h5-9,18H,4,10H2,1-3H3,(H,21,22). The number of amides is 1. The van der Waals surface area contributed by atoms with Gasteiger partial charge in [-0.2, -0.15) is 0 Å². The molecule has 2 rings (SSSR count). The van der Waals surface area contributed by atoms with Crippen molar-refractivity contribution in [1.29, 1.82) is 0 Å². The molecule has 140 valence electrons. The van der Waals surface area contributed by atoms with E-state index in [1.165, 1.54) is 42.2 Å². The number of aryl methyl sites for hydroxylation is 1. The molecule has 0 unspecified atom stereocenters. The molecule has 0 atom stereocenters. The van der Waals surface area contributed by atoms with E-state index in [9.17, 15) is 18.0 Å². The molecule has 0 spiro atoms. The summed E-state index contributed by atoms with van der Waals surface area (Å²) < 4.78 is 31.6. The molecular weight excluding hydrogens is 360 g/mol. The van der Waals surface area contributed by atoms with Gasteiger partial charge in [0.25, 0.3) is 5.91 Å². The molecule has 1 heterocycles. The Morgan fingerprint density at radius 1 is 1.23 bits per heavy atom. The summed E-state index contributed by atoms with van der Waals surface area (Å²) in [6, 6.07) is 6.96. The first kappa shape index (κ1) is 19.7. The Bertz CT molecular complexity index is 915. The van der Waals surface area contributed by atoms with Gasteiger partial charge in [0.1, 0.15) is 17.1 Å². The molecule has 0 saturated carbocycles. The van der Waals surface area contributed by atoms with E-state index in [1.807, 2.05) is 0 Å². The predicted molar refractivity (Wildman–Crippen MR) is 93.5 cm³/mol. The summed E-state index contributed by atoms with van der Waals surface area (Å²) in [5.74, 6) is -0.819. The van der Waals surface area contributed by atoms with Crippen LogP contribution >= 0.6 is 0 Å². The Morgan fingerprint density at radius 2 is 1.85 bits per heavy atom. The average molecular weight is 380 g/mol. The van der Waals surface area contributed by atoms with Gasteiger partial charge in [-0.1, -0.05) is 6.92 Å². The number of sulfonamides is 1. The number of nitrogens with one attached hydrogen (secondary N) is 1. The zero-order valence-electron chi connectivity index (χ0n) is 14.6. The highest BCUT2D eigenvalue weighted by Gasteiger charge is 2.19. The molecule has 0 bridgehead atoms. The van der Waals surface area contributed by atoms with Crippen LogP contribution in [0, 0.1) is 6.92 Å². The van der Waals surface area contributed by atoms with E-state index in [-0.39, 0.29) is 35.2 Å². The third-order valence-electron chi connectivity index (χ3n) is 3.68. The molecule has 1 amide bonds. The highest BCUT2D eigenvalue weighted by molar-refractivity contribution is 7.89. The number of carbonyl (C=O) groups is 2. The van der Waals surface area contributed by atoms with Gasteiger partial charge in [-0.05, 0) is 37.3 Å². The van der Waals surface area contributed by atoms with Gasteiger partial charge >= 0.3 is 5.97 Å². The Kier molecular flexibility index (Phi) is 5.83. The topological polar surface area (TPSA) is 117 Å². The number of benzene rings is 1. The van der Waals surface area contributed by atoms with Gasteiger partial charge in [0.2, 0.25) is 10.0 Å². The van der Waals surface area contributed by atoms with Crippen molar-refractivity contribution in [2.45, 2.75) is 25.3 Å². The molecule has 0 radical (unpaired) electrons. The fourth-order valence-corrected chi connectivity index (χ4v) is 3.45. The van der Waals surface area contributed by atoms with Crippen LogP contribution in [-0.2, 0) is 16.6 Å². The highest BCUT2D eigenvalue weighted by atomic mass is 32.2. The number of hydrogen-bond donors (Lipinski definition) is 2. The van der Waals surface area contributed by atoms with Crippen LogP contribution in [0.3, 0.4) is 0 Å². The maximum absolute atomic E-state index is 12.5. The molecule has 0 fully saturated rings. The zero-order valence-corrected chi connectivity index (χ0v) is 15.5. The van der Waals surface area contributed by atoms with Crippen LogP contribution in [0.15, 0.2) is 39.6 Å². The Hall–Kier alpha value is -2.65. The number of nitrogens with zero attached hydrogens (tertiary/aromatic N) is 1. The number of carboxylic acid groups (broad SMARTS) is 1. The lowest BCUT2D eigenvalue weighted by Gasteiger charge is -2.16. The molecule has 0 aliphatic carbocycles. The van der Waals surface area contributed by atoms with Crippen molar-refractivity contribution < 1.29 is 27.5 Å². The Morgan fingerprint density at radius 3 is 2.35 bits per heavy atom. The molecule has 0 aliphatic rings. The van der Waals surface area contributed by atoms with Gasteiger partial charge in [-0.25, -0.2) is 17.9 Å². The highest BCUT2D eigenvalue weighted by Crippen LogP contribution is 2.17. The summed E-state index contributed by atoms with van der Waals surface area (Å²) in [7, 11) is -2.03. The summed E-state index contributed by atoms with van der Waals surface area (Å²) >= 11 is 0. The first-order chi connectivity index (χ1) is 12.2. The molecule has 26 heavy (non-hydrogen) atoms. The van der Waals surface area contributed by atoms with Crippen molar-refractivity contribution >= 4 is 21.9 Å². The lowest BCUT2D eigenvalue weighted by Crippen LogP contribution is -2.26. The number of hydrogen-bond acceptors (Lipinski definition) is 5. The first-order valence-electron chi connectivity index (χ1n) is 7.83. The van der Waals surface area contributed by atoms with E-state index in [0.717, 1.165) is 0 Å². The van der Waals surface area contributed by atoms with E-state index in [2.05, 4.69) is 4.72 Å². The zero-order chi connectivity index (χ0) is 19.5. The fraction of sp³-hybridized carbons (Fsp3) is 0.294. The Labute approximate surface area is 151 Å². The minimum atomic E-state index is -3.58. The van der Waals surface area contributed by atoms with E-state index in [0.29, 0.717) is 11.3 Å². The molecule has 0 saturated heterocycles. The Balaban J connectivity index is 2.13. The van der Waals surface area contributed by atoms with E-state index in [4.69, 9.17) is 9.52 Å². The second-order valence-electron chi connectivity index (χ2n) is 5.67. The van der Waals surface area contributed by atoms with Crippen LogP contribution in [0.25, 0.3) is 0 Å². The number of carbonyl (C=O) groups excluding carboxylic acids is 1. The van der Waals surface area contributed by atoms with Crippen molar-refractivity contribution in [3.63, 3.8) is 0 Å². The van der Waals surface area contributed by atoms with E-state index < -0.39 is 16.0 Å². The average Bonchev–Trinajstić information content (AvgIpc) is 2.94. The summed E-state index contributed by atoms with van der Waals surface area (Å²) in [5.41, 5.74) is 0.364. The molecule has 1 aromatic heterocycles. The molecule has 0 aliphatic heterocycles. The largest absolute Gasteiger partial charge is 0.478 e. The number of aromatic carboxylic acids is 1. The van der Waals surface area contributed by atoms with Crippen LogP contribution in [0.4, 0.5) is 0 Å². The second kappa shape index (κ2) is 7.71. The van der Waals surface area contributed by atoms with Gasteiger partial charge in [0.15, 0.2) is 0 Å². The third kappa shape index (κ3) is 4.30. The minimum Gasteiger partial charge on any atom is -0.478 e. The number of furan rings is 1. The SMILES string of the molecule is CCNS(=O)(=O)c1ccc(C(=O)N(C)Cc2cc(C(=O)O)c(C)o2)cc1. The van der Waals surface area contributed by atoms with Crippen LogP contribution < -0.4 is 4.72 Å². The van der Waals surface area contributed by atoms with Crippen molar-refractivity contribution in [1.82, 2.24) is 9.62 Å². The van der Waals surface area contributed by atoms with E-state index in [1.54, 1.807) is 14.0 Å². The van der Waals surface area contributed by atoms with Crippen molar-refractivity contribution in [3.8, 4) is 0 Å². The second-order valence-corrected chi connectivity index (χ2v) is 7.44. The normalized spacial score (nSPS) is 11.3. The number of rotatable bonds is 7. The van der Waals surface area contributed by atoms with Crippen LogP contribution in [-0.4, -0.2) is 43.9 Å². The van der Waals surface area contributed by atoms with Gasteiger partial charge < -0.3 is 14.4 Å². The van der Waals surface area contributed by atoms with Gasteiger partial charge in [0, 0.05) is 19.2 Å². The maximum atomic E-state index is 12.5. The molecule has 2 N–H and O–H groups in total. The van der Waals surface area contributed by atoms with E-state index >= 15 is 0 Å². The fourth-order valence-electron chi connectivity index (χ4n) is 2.41. The molecule has 1 aromatic carbocycles. The van der Waals surface area contributed by atoms with Crippen LogP contribution in [0.1, 0.15) is 39.2 Å². The predicted octanol–water partition coefficient (Wildman–Crippen LogP) is 1.86. The third-order valence-corrected chi connectivity index (χ3v) is 5.25. The molecule has 2 aromatic rings. The first-order valence-corrected chi connectivity index (χ1v) is 9.31.